The molecule has 1 rings (SSSR count). The number of nitrogens with one attached hydrogen (secondary N) is 1. The minimum absolute atomic E-state index is 0.502. The summed E-state index contributed by atoms with van der Waals surface area (Å²) in [4.78, 5) is 0. The van der Waals surface area contributed by atoms with Gasteiger partial charge in [-0.15, -0.1) is 0 Å². The molecule has 1 unspecified atom stereocenters. The lowest BCUT2D eigenvalue weighted by molar-refractivity contribution is 0.715. The first kappa shape index (κ1) is 7.87. The van der Waals surface area contributed by atoms with Gasteiger partial charge in [0.1, 0.15) is 6.07 Å². The van der Waals surface area contributed by atoms with Crippen molar-refractivity contribution in [1.29, 1.82) is 5.26 Å². The first-order valence-electron chi connectivity index (χ1n) is 3.78. The Balaban J connectivity index is 2.85. The fourth-order valence-corrected chi connectivity index (χ4v) is 1.19. The van der Waals surface area contributed by atoms with E-state index in [-0.39, 0.29) is 0 Å². The van der Waals surface area contributed by atoms with Crippen LogP contribution in [0.3, 0.4) is 0 Å². The van der Waals surface area contributed by atoms with Crippen LogP contribution in [0.15, 0.2) is 23.4 Å². The van der Waals surface area contributed by atoms with Crippen LogP contribution in [-0.2, 0) is 0 Å². The van der Waals surface area contributed by atoms with Crippen molar-refractivity contribution in [2.45, 2.75) is 13.3 Å². The summed E-state index contributed by atoms with van der Waals surface area (Å²) in [6.07, 6.45) is 5.11. The normalized spacial score (nSPS) is 23.2. The molecule has 0 fully saturated rings. The van der Waals surface area contributed by atoms with E-state index in [0.29, 0.717) is 5.92 Å². The molecule has 11 heavy (non-hydrogen) atoms. The lowest BCUT2D eigenvalue weighted by atomic mass is 9.96. The summed E-state index contributed by atoms with van der Waals surface area (Å²) in [5.41, 5.74) is 1.73. The average Bonchev–Trinajstić information content (AvgIpc) is 2.04. The molecule has 0 saturated heterocycles. The van der Waals surface area contributed by atoms with Crippen molar-refractivity contribution in [3.05, 3.63) is 23.4 Å². The molecule has 2 nitrogen and oxygen atoms in total. The van der Waals surface area contributed by atoms with Crippen molar-refractivity contribution in [1.82, 2.24) is 5.32 Å². The van der Waals surface area contributed by atoms with Crippen LogP contribution in [0.25, 0.3) is 0 Å². The number of rotatable bonds is 1. The molecule has 0 aromatic carbocycles. The first-order chi connectivity index (χ1) is 5.27. The van der Waals surface area contributed by atoms with E-state index in [9.17, 15) is 0 Å². The van der Waals surface area contributed by atoms with Crippen LogP contribution < -0.4 is 5.32 Å². The largest absolute Gasteiger partial charge is 0.387 e. The molecule has 1 aliphatic carbocycles. The summed E-state index contributed by atoms with van der Waals surface area (Å²) in [5, 5.41) is 11.7. The zero-order valence-electron chi connectivity index (χ0n) is 6.89. The van der Waals surface area contributed by atoms with Crippen molar-refractivity contribution in [3.63, 3.8) is 0 Å². The van der Waals surface area contributed by atoms with E-state index < -0.39 is 0 Å². The predicted molar refractivity (Wildman–Crippen MR) is 44.6 cm³/mol. The number of allylic oxidation sites excluding steroid dienone is 3. The summed E-state index contributed by atoms with van der Waals surface area (Å²) >= 11 is 0. The molecular weight excluding hydrogens is 136 g/mol. The van der Waals surface area contributed by atoms with E-state index in [1.165, 1.54) is 0 Å². The highest BCUT2D eigenvalue weighted by Crippen LogP contribution is 2.19. The molecule has 0 aromatic heterocycles. The Hall–Kier alpha value is -1.23. The zero-order chi connectivity index (χ0) is 8.27. The minimum Gasteiger partial charge on any atom is -0.387 e. The van der Waals surface area contributed by atoms with E-state index in [4.69, 9.17) is 5.26 Å². The Bertz CT molecular complexity index is 243. The standard InChI is InChI=1S/C9H12N2/c1-7-3-4-9(11-2)8(5-7)6-10/h4-5,7,11H,3H2,1-2H3. The van der Waals surface area contributed by atoms with E-state index >= 15 is 0 Å². The maximum absolute atomic E-state index is 8.71. The Kier molecular flexibility index (Phi) is 2.32. The molecule has 2 heteroatoms. The molecule has 0 heterocycles. The molecular formula is C9H12N2. The van der Waals surface area contributed by atoms with Crippen LogP contribution in [0, 0.1) is 17.2 Å². The van der Waals surface area contributed by atoms with Gasteiger partial charge in [0.2, 0.25) is 0 Å². The van der Waals surface area contributed by atoms with Gasteiger partial charge < -0.3 is 5.32 Å². The monoisotopic (exact) mass is 148 g/mol. The van der Waals surface area contributed by atoms with Gasteiger partial charge in [0, 0.05) is 12.7 Å². The van der Waals surface area contributed by atoms with E-state index in [0.717, 1.165) is 17.7 Å². The maximum Gasteiger partial charge on any atom is 0.101 e. The van der Waals surface area contributed by atoms with Crippen LogP contribution >= 0.6 is 0 Å². The molecule has 1 N–H and O–H groups in total. The molecule has 0 bridgehead atoms. The highest BCUT2D eigenvalue weighted by molar-refractivity contribution is 5.42. The van der Waals surface area contributed by atoms with Gasteiger partial charge in [0.25, 0.3) is 0 Å². The quantitative estimate of drug-likeness (QED) is 0.612. The Morgan fingerprint density at radius 1 is 1.73 bits per heavy atom. The van der Waals surface area contributed by atoms with Gasteiger partial charge in [-0.05, 0) is 12.3 Å². The second kappa shape index (κ2) is 3.25. The zero-order valence-corrected chi connectivity index (χ0v) is 6.89. The summed E-state index contributed by atoms with van der Waals surface area (Å²) in [5.74, 6) is 0.502. The number of nitriles is 1. The molecule has 58 valence electrons. The Morgan fingerprint density at radius 2 is 2.45 bits per heavy atom. The highest BCUT2D eigenvalue weighted by Gasteiger charge is 2.10. The van der Waals surface area contributed by atoms with Gasteiger partial charge in [-0.2, -0.15) is 5.26 Å². The second-order valence-corrected chi connectivity index (χ2v) is 2.77. The molecule has 1 atom stereocenters. The van der Waals surface area contributed by atoms with E-state index in [2.05, 4.69) is 24.4 Å². The van der Waals surface area contributed by atoms with Gasteiger partial charge in [-0.1, -0.05) is 19.1 Å². The maximum atomic E-state index is 8.71. The lowest BCUT2D eigenvalue weighted by Gasteiger charge is -2.14. The van der Waals surface area contributed by atoms with Crippen LogP contribution in [0.1, 0.15) is 13.3 Å². The summed E-state index contributed by atoms with van der Waals surface area (Å²) in [6.45, 7) is 2.11. The van der Waals surface area contributed by atoms with Crippen molar-refractivity contribution in [3.8, 4) is 6.07 Å². The van der Waals surface area contributed by atoms with Crippen molar-refractivity contribution in [2.75, 3.05) is 7.05 Å². The van der Waals surface area contributed by atoms with Gasteiger partial charge in [0.05, 0.1) is 5.57 Å². The SMILES string of the molecule is CNC1=CCC(C)C=C1C#N. The second-order valence-electron chi connectivity index (χ2n) is 2.77. The Morgan fingerprint density at radius 3 is 3.00 bits per heavy atom. The smallest absolute Gasteiger partial charge is 0.101 e. The third-order valence-corrected chi connectivity index (χ3v) is 1.82. The van der Waals surface area contributed by atoms with E-state index in [1.54, 1.807) is 0 Å². The molecule has 0 aliphatic heterocycles. The van der Waals surface area contributed by atoms with Crippen LogP contribution in [-0.4, -0.2) is 7.05 Å². The number of hydrogen-bond acceptors (Lipinski definition) is 2. The van der Waals surface area contributed by atoms with E-state index in [1.807, 2.05) is 13.1 Å². The van der Waals surface area contributed by atoms with Crippen LogP contribution in [0.4, 0.5) is 0 Å². The van der Waals surface area contributed by atoms with Gasteiger partial charge in [0.15, 0.2) is 0 Å². The molecule has 0 amide bonds. The highest BCUT2D eigenvalue weighted by atomic mass is 14.8. The van der Waals surface area contributed by atoms with Gasteiger partial charge in [-0.25, -0.2) is 0 Å². The third-order valence-electron chi connectivity index (χ3n) is 1.82. The predicted octanol–water partition coefficient (Wildman–Crippen LogP) is 1.58. The molecule has 1 aliphatic rings. The number of hydrogen-bond donors (Lipinski definition) is 1. The number of nitrogens with zero attached hydrogens (tertiary/aromatic N) is 1. The molecule has 0 aromatic rings. The fourth-order valence-electron chi connectivity index (χ4n) is 1.19. The van der Waals surface area contributed by atoms with Crippen molar-refractivity contribution in [2.24, 2.45) is 5.92 Å². The molecule has 0 radical (unpaired) electrons. The van der Waals surface area contributed by atoms with Gasteiger partial charge >= 0.3 is 0 Å². The van der Waals surface area contributed by atoms with Crippen LogP contribution in [0.2, 0.25) is 0 Å². The van der Waals surface area contributed by atoms with Crippen LogP contribution in [0.5, 0.6) is 0 Å². The van der Waals surface area contributed by atoms with Crippen molar-refractivity contribution < 1.29 is 0 Å². The topological polar surface area (TPSA) is 35.8 Å². The Labute approximate surface area is 67.2 Å². The van der Waals surface area contributed by atoms with Gasteiger partial charge in [-0.3, -0.25) is 0 Å². The van der Waals surface area contributed by atoms with Crippen molar-refractivity contribution >= 4 is 0 Å². The molecule has 0 saturated carbocycles. The minimum atomic E-state index is 0.502. The lowest BCUT2D eigenvalue weighted by Crippen LogP contribution is -2.12. The number of likely N-dealkylation sites (N-methyl/N-ethyl adjacent to an activating group) is 1. The fraction of sp³-hybridized carbons (Fsp3) is 0.444. The summed E-state index contributed by atoms with van der Waals surface area (Å²) in [6, 6.07) is 2.17. The summed E-state index contributed by atoms with van der Waals surface area (Å²) in [7, 11) is 1.84. The average molecular weight is 148 g/mol. The first-order valence-corrected chi connectivity index (χ1v) is 3.78. The summed E-state index contributed by atoms with van der Waals surface area (Å²) < 4.78 is 0. The third kappa shape index (κ3) is 1.62. The molecule has 0 spiro atoms.